The molecule has 0 atom stereocenters. The summed E-state index contributed by atoms with van der Waals surface area (Å²) in [5.41, 5.74) is 0.975. The minimum Gasteiger partial charge on any atom is -0.309 e. The van der Waals surface area contributed by atoms with Crippen LogP contribution >= 0.6 is 7.60 Å². The van der Waals surface area contributed by atoms with Gasteiger partial charge in [0.1, 0.15) is 0 Å². The molecule has 1 rings (SSSR count). The second-order valence-corrected chi connectivity index (χ2v) is 5.14. The molecule has 0 saturated carbocycles. The highest BCUT2D eigenvalue weighted by atomic mass is 31.2. The first kappa shape index (κ1) is 12.4. The monoisotopic (exact) mass is 230 g/mol. The van der Waals surface area contributed by atoms with Crippen molar-refractivity contribution in [3.8, 4) is 0 Å². The van der Waals surface area contributed by atoms with Crippen molar-refractivity contribution in [3.63, 3.8) is 0 Å². The fraction of sp³-hybridized carbons (Fsp3) is 0.455. The maximum atomic E-state index is 12.1. The normalized spacial score (nSPS) is 11.6. The lowest BCUT2D eigenvalue weighted by Crippen LogP contribution is -1.98. The van der Waals surface area contributed by atoms with E-state index in [9.17, 15) is 4.57 Å². The van der Waals surface area contributed by atoms with Gasteiger partial charge in [-0.15, -0.1) is 0 Å². The van der Waals surface area contributed by atoms with E-state index in [0.717, 1.165) is 5.56 Å². The Morgan fingerprint density at radius 2 is 1.60 bits per heavy atom. The topological polar surface area (TPSA) is 35.5 Å². The second kappa shape index (κ2) is 6.06. The molecule has 1 aromatic carbocycles. The van der Waals surface area contributed by atoms with Crippen LogP contribution in [0.25, 0.3) is 0 Å². The van der Waals surface area contributed by atoms with Crippen molar-refractivity contribution in [1.29, 1.82) is 0 Å². The maximum absolute atomic E-state index is 12.1. The largest absolute Gasteiger partial charge is 0.335 e. The van der Waals surface area contributed by atoms with E-state index in [1.54, 1.807) is 0 Å². The second-order valence-electron chi connectivity index (χ2n) is 3.09. The van der Waals surface area contributed by atoms with Crippen molar-refractivity contribution < 1.29 is 13.6 Å². The quantitative estimate of drug-likeness (QED) is 0.554. The standard InChI is InChI=1S/C11H17O3P/c1-3-13-15(12,14-4-2)10-11-8-6-5-7-9-11/h5-9H,3-4,10H2,1-2H3/i12+2. The van der Waals surface area contributed by atoms with Gasteiger partial charge in [0.05, 0.1) is 19.4 Å². The molecule has 0 fully saturated rings. The fourth-order valence-corrected chi connectivity index (χ4v) is 3.03. The Hall–Kier alpha value is -0.630. The van der Waals surface area contributed by atoms with E-state index in [1.807, 2.05) is 44.2 Å². The van der Waals surface area contributed by atoms with Gasteiger partial charge in [-0.05, 0) is 19.4 Å². The molecule has 0 spiro atoms. The molecule has 0 radical (unpaired) electrons. The van der Waals surface area contributed by atoms with Crippen LogP contribution in [0, 0.1) is 0 Å². The Labute approximate surface area is 90.9 Å². The van der Waals surface area contributed by atoms with Gasteiger partial charge in [0, 0.05) is 0 Å². The van der Waals surface area contributed by atoms with Crippen molar-refractivity contribution >= 4 is 7.60 Å². The Balaban J connectivity index is 2.71. The van der Waals surface area contributed by atoms with Crippen LogP contribution < -0.4 is 0 Å². The summed E-state index contributed by atoms with van der Waals surface area (Å²) in [5, 5.41) is 0. The van der Waals surface area contributed by atoms with Gasteiger partial charge in [0.2, 0.25) is 0 Å². The molecular formula is C11H17O3P. The summed E-state index contributed by atoms with van der Waals surface area (Å²) in [5.74, 6) is 0. The van der Waals surface area contributed by atoms with Crippen LogP contribution in [0.3, 0.4) is 0 Å². The number of rotatable bonds is 6. The predicted octanol–water partition coefficient (Wildman–Crippen LogP) is 3.45. The minimum absolute atomic E-state index is 0.343. The molecule has 15 heavy (non-hydrogen) atoms. The summed E-state index contributed by atoms with van der Waals surface area (Å²) in [6.45, 7) is 4.45. The Bertz CT molecular complexity index is 314. The molecule has 0 heterocycles. The molecule has 84 valence electrons. The first-order valence-corrected chi connectivity index (χ1v) is 6.85. The summed E-state index contributed by atoms with van der Waals surface area (Å²) in [7, 11) is -2.94. The molecule has 4 heteroatoms. The zero-order valence-corrected chi connectivity index (χ0v) is 10.1. The van der Waals surface area contributed by atoms with E-state index in [4.69, 9.17) is 9.05 Å². The van der Waals surface area contributed by atoms with E-state index in [2.05, 4.69) is 0 Å². The van der Waals surface area contributed by atoms with Crippen LogP contribution in [-0.2, 0) is 19.8 Å². The van der Waals surface area contributed by atoms with E-state index < -0.39 is 7.60 Å². The van der Waals surface area contributed by atoms with Crippen molar-refractivity contribution in [2.75, 3.05) is 13.2 Å². The van der Waals surface area contributed by atoms with Crippen molar-refractivity contribution in [3.05, 3.63) is 35.9 Å². The first-order valence-electron chi connectivity index (χ1n) is 5.12. The summed E-state index contributed by atoms with van der Waals surface area (Å²) < 4.78 is 22.6. The Morgan fingerprint density at radius 1 is 1.07 bits per heavy atom. The zero-order valence-electron chi connectivity index (χ0n) is 9.18. The first-order chi connectivity index (χ1) is 7.20. The van der Waals surface area contributed by atoms with Crippen molar-refractivity contribution in [2.24, 2.45) is 0 Å². The van der Waals surface area contributed by atoms with Crippen LogP contribution in [0.1, 0.15) is 19.4 Å². The van der Waals surface area contributed by atoms with Crippen LogP contribution in [-0.4, -0.2) is 13.2 Å². The molecule has 0 aliphatic carbocycles. The lowest BCUT2D eigenvalue weighted by atomic mass is 10.2. The molecule has 0 bridgehead atoms. The minimum atomic E-state index is -2.94. The molecule has 0 aromatic heterocycles. The van der Waals surface area contributed by atoms with E-state index in [-0.39, 0.29) is 0 Å². The molecule has 0 N–H and O–H groups in total. The third kappa shape index (κ3) is 4.17. The van der Waals surface area contributed by atoms with Crippen molar-refractivity contribution in [1.82, 2.24) is 0 Å². The van der Waals surface area contributed by atoms with Gasteiger partial charge in [-0.1, -0.05) is 30.3 Å². The van der Waals surface area contributed by atoms with Crippen LogP contribution in [0.2, 0.25) is 0 Å². The molecule has 0 aliphatic rings. The molecule has 1 aromatic rings. The lowest BCUT2D eigenvalue weighted by Gasteiger charge is -2.16. The van der Waals surface area contributed by atoms with Crippen LogP contribution in [0.4, 0.5) is 0 Å². The van der Waals surface area contributed by atoms with Gasteiger partial charge < -0.3 is 9.05 Å². The van der Waals surface area contributed by atoms with Crippen LogP contribution in [0.5, 0.6) is 0 Å². The summed E-state index contributed by atoms with van der Waals surface area (Å²) in [4.78, 5) is 0. The zero-order chi connectivity index (χ0) is 11.1. The summed E-state index contributed by atoms with van der Waals surface area (Å²) in [6.07, 6.45) is 0.343. The number of benzene rings is 1. The van der Waals surface area contributed by atoms with Gasteiger partial charge in [0.25, 0.3) is 0 Å². The average molecular weight is 230 g/mol. The lowest BCUT2D eigenvalue weighted by molar-refractivity contribution is 0.219. The number of hydrogen-bond donors (Lipinski definition) is 0. The SMILES string of the molecule is CCOP(=[18O])(Cc1ccccc1)OCC. The van der Waals surface area contributed by atoms with E-state index >= 15 is 0 Å². The highest BCUT2D eigenvalue weighted by Gasteiger charge is 2.23. The predicted molar refractivity (Wildman–Crippen MR) is 61.0 cm³/mol. The summed E-state index contributed by atoms with van der Waals surface area (Å²) >= 11 is 0. The van der Waals surface area contributed by atoms with Gasteiger partial charge in [-0.3, -0.25) is 4.57 Å². The fourth-order valence-electron chi connectivity index (χ4n) is 1.33. The maximum Gasteiger partial charge on any atom is 0.335 e. The van der Waals surface area contributed by atoms with Gasteiger partial charge in [0.15, 0.2) is 0 Å². The van der Waals surface area contributed by atoms with Crippen LogP contribution in [0.15, 0.2) is 30.3 Å². The van der Waals surface area contributed by atoms with E-state index in [0.29, 0.717) is 19.4 Å². The Kier molecular flexibility index (Phi) is 5.03. The highest BCUT2D eigenvalue weighted by Crippen LogP contribution is 2.51. The molecule has 0 unspecified atom stereocenters. The van der Waals surface area contributed by atoms with Gasteiger partial charge in [-0.2, -0.15) is 0 Å². The highest BCUT2D eigenvalue weighted by molar-refractivity contribution is 7.53. The number of hydrogen-bond acceptors (Lipinski definition) is 3. The third-order valence-electron chi connectivity index (χ3n) is 1.87. The Morgan fingerprint density at radius 3 is 2.07 bits per heavy atom. The molecule has 3 nitrogen and oxygen atoms in total. The molecule has 0 aliphatic heterocycles. The smallest absolute Gasteiger partial charge is 0.309 e. The average Bonchev–Trinajstić information content (AvgIpc) is 2.19. The molecule has 0 saturated heterocycles. The van der Waals surface area contributed by atoms with Gasteiger partial charge in [-0.25, -0.2) is 0 Å². The molecular weight excluding hydrogens is 213 g/mol. The van der Waals surface area contributed by atoms with Crippen molar-refractivity contribution in [2.45, 2.75) is 20.0 Å². The third-order valence-corrected chi connectivity index (χ3v) is 3.93. The summed E-state index contributed by atoms with van der Waals surface area (Å²) in [6, 6.07) is 9.60. The molecule has 0 amide bonds. The van der Waals surface area contributed by atoms with Gasteiger partial charge >= 0.3 is 7.60 Å². The van der Waals surface area contributed by atoms with E-state index in [1.165, 1.54) is 0 Å².